The van der Waals surface area contributed by atoms with E-state index in [9.17, 15) is 14.4 Å². The molecule has 6 atom stereocenters. The average Bonchev–Trinajstić information content (AvgIpc) is 3.44. The van der Waals surface area contributed by atoms with E-state index in [-0.39, 0.29) is 54.7 Å². The zero-order chi connectivity index (χ0) is 39.2. The molecule has 0 radical (unpaired) electrons. The summed E-state index contributed by atoms with van der Waals surface area (Å²) in [5.41, 5.74) is 9.80. The van der Waals surface area contributed by atoms with E-state index < -0.39 is 17.5 Å². The Bertz CT molecular complexity index is 2060. The van der Waals surface area contributed by atoms with Crippen LogP contribution in [0.5, 0.6) is 0 Å². The first kappa shape index (κ1) is 39.1. The number of carbonyl (C=O) groups is 3. The van der Waals surface area contributed by atoms with Gasteiger partial charge in [-0.25, -0.2) is 10.4 Å². The van der Waals surface area contributed by atoms with Gasteiger partial charge in [-0.3, -0.25) is 24.4 Å². The molecular formula is C43H56N6O5S. The van der Waals surface area contributed by atoms with Crippen molar-refractivity contribution in [1.29, 1.82) is 0 Å². The number of aryl methyl sites for hydroxylation is 1. The number of aromatic nitrogens is 3. The lowest BCUT2D eigenvalue weighted by atomic mass is 9.84. The Kier molecular flexibility index (Phi) is 11.2. The van der Waals surface area contributed by atoms with Crippen LogP contribution in [0.4, 0.5) is 0 Å². The number of nitrogens with zero attached hydrogens (tertiary/aromatic N) is 4. The van der Waals surface area contributed by atoms with Gasteiger partial charge in [-0.05, 0) is 80.2 Å². The molecule has 4 aromatic rings. The molecule has 7 rings (SSSR count). The topological polar surface area (TPSA) is 128 Å². The minimum absolute atomic E-state index is 0.111. The first-order valence-electron chi connectivity index (χ1n) is 19.9. The third-order valence-corrected chi connectivity index (χ3v) is 12.8. The number of pyridine rings is 1. The molecule has 1 aliphatic carbocycles. The highest BCUT2D eigenvalue weighted by Gasteiger charge is 2.49. The molecule has 3 aliphatic rings. The fraction of sp³-hybridized carbons (Fsp3) is 0.558. The number of esters is 1. The molecule has 55 heavy (non-hydrogen) atoms. The Morgan fingerprint density at radius 1 is 1.16 bits per heavy atom. The number of thiazole rings is 1. The van der Waals surface area contributed by atoms with E-state index >= 15 is 0 Å². The minimum Gasteiger partial charge on any atom is -0.464 e. The number of amides is 2. The summed E-state index contributed by atoms with van der Waals surface area (Å²) in [5, 5.41) is 8.49. The lowest BCUT2D eigenvalue weighted by molar-refractivity contribution is -0.155. The Morgan fingerprint density at radius 2 is 1.95 bits per heavy atom. The van der Waals surface area contributed by atoms with Crippen molar-refractivity contribution in [3.8, 4) is 22.5 Å². The van der Waals surface area contributed by atoms with Gasteiger partial charge in [0.25, 0.3) is 5.91 Å². The summed E-state index contributed by atoms with van der Waals surface area (Å²) in [6.45, 7) is 16.4. The fourth-order valence-electron chi connectivity index (χ4n) is 8.26. The quantitative estimate of drug-likeness (QED) is 0.181. The number of rotatable bonds is 8. The molecule has 2 aliphatic heterocycles. The molecule has 1 saturated carbocycles. The van der Waals surface area contributed by atoms with Gasteiger partial charge in [0.2, 0.25) is 5.91 Å². The van der Waals surface area contributed by atoms with Crippen molar-refractivity contribution in [3.63, 3.8) is 0 Å². The SMILES string of the molecule is CO[C@@H](C)c1ncccc1-c1c2c3cc(ccc3n1CCC(C)C)-c1csc(n1)C[C@H](NC(=O)C1[C@@H](C)[C@H]1C)C(=O)N1CCC[C@H](N1)C(=O)OCC(C)(C)C2. The monoisotopic (exact) mass is 768 g/mol. The Labute approximate surface area is 328 Å². The maximum atomic E-state index is 14.2. The van der Waals surface area contributed by atoms with Gasteiger partial charge in [0, 0.05) is 71.6 Å². The van der Waals surface area contributed by atoms with Crippen molar-refractivity contribution in [2.75, 3.05) is 20.3 Å². The zero-order valence-electron chi connectivity index (χ0n) is 33.5. The molecule has 1 saturated heterocycles. The molecule has 3 aromatic heterocycles. The predicted molar refractivity (Wildman–Crippen MR) is 215 cm³/mol. The van der Waals surface area contributed by atoms with Crippen molar-refractivity contribution in [3.05, 3.63) is 58.2 Å². The van der Waals surface area contributed by atoms with E-state index in [0.717, 1.165) is 62.6 Å². The third kappa shape index (κ3) is 8.09. The predicted octanol–water partition coefficient (Wildman–Crippen LogP) is 7.13. The van der Waals surface area contributed by atoms with Crippen LogP contribution in [0.3, 0.4) is 0 Å². The highest BCUT2D eigenvalue weighted by molar-refractivity contribution is 7.10. The van der Waals surface area contributed by atoms with Crippen LogP contribution in [0, 0.1) is 29.1 Å². The number of methoxy groups -OCH3 is 1. The van der Waals surface area contributed by atoms with Gasteiger partial charge >= 0.3 is 5.97 Å². The van der Waals surface area contributed by atoms with E-state index in [1.54, 1.807) is 7.11 Å². The van der Waals surface area contributed by atoms with Crippen LogP contribution in [-0.4, -0.2) is 69.7 Å². The van der Waals surface area contributed by atoms with Crippen molar-refractivity contribution in [2.45, 2.75) is 105 Å². The van der Waals surface area contributed by atoms with Crippen molar-refractivity contribution in [1.82, 2.24) is 30.3 Å². The van der Waals surface area contributed by atoms with Crippen molar-refractivity contribution in [2.24, 2.45) is 29.1 Å². The minimum atomic E-state index is -0.832. The summed E-state index contributed by atoms with van der Waals surface area (Å²) in [6, 6.07) is 9.18. The highest BCUT2D eigenvalue weighted by atomic mass is 32.1. The van der Waals surface area contributed by atoms with Crippen LogP contribution in [0.2, 0.25) is 0 Å². The number of cyclic esters (lactones) is 1. The van der Waals surface area contributed by atoms with Gasteiger partial charge in [0.1, 0.15) is 12.1 Å². The van der Waals surface area contributed by atoms with Gasteiger partial charge in [0.05, 0.1) is 34.8 Å². The summed E-state index contributed by atoms with van der Waals surface area (Å²) < 4.78 is 14.4. The molecule has 6 bridgehead atoms. The lowest BCUT2D eigenvalue weighted by Crippen LogP contribution is -2.60. The molecule has 2 fully saturated rings. The number of ether oxygens (including phenoxy) is 2. The normalized spacial score (nSPS) is 24.7. The third-order valence-electron chi connectivity index (χ3n) is 11.9. The maximum Gasteiger partial charge on any atom is 0.324 e. The molecule has 12 heteroatoms. The number of hydrogen-bond donors (Lipinski definition) is 2. The van der Waals surface area contributed by atoms with E-state index in [4.69, 9.17) is 19.4 Å². The second kappa shape index (κ2) is 15.8. The summed E-state index contributed by atoms with van der Waals surface area (Å²) in [5.74, 6) is 0.142. The Balaban J connectivity index is 1.37. The standard InChI is InChI=1S/C43H56N6O5S/c1-24(2)15-18-48-35-14-13-28-19-30(35)31(39(48)29-11-9-16-44-38(29)27(5)53-8)21-43(6,7)23-54-42(52)32-12-10-17-49(47-32)41(51)33(20-36-45-34(28)22-55-36)46-40(50)37-25(3)26(37)4/h9,11,13-14,16,19,22,24-27,32-33,37,47H,10,12,15,17-18,20-21,23H2,1-8H3,(H,46,50)/t25-,26+,27-,32-,33-,37?/m0/s1. The van der Waals surface area contributed by atoms with Gasteiger partial charge in [-0.1, -0.05) is 47.6 Å². The largest absolute Gasteiger partial charge is 0.464 e. The second-order valence-electron chi connectivity index (χ2n) is 17.1. The summed E-state index contributed by atoms with van der Waals surface area (Å²) in [6.07, 6.45) is 4.64. The van der Waals surface area contributed by atoms with Crippen LogP contribution in [0.25, 0.3) is 33.4 Å². The molecule has 5 heterocycles. The number of nitrogens with one attached hydrogen (secondary N) is 2. The highest BCUT2D eigenvalue weighted by Crippen LogP contribution is 2.46. The number of fused-ring (bicyclic) bond motifs is 6. The van der Waals surface area contributed by atoms with Crippen molar-refractivity contribution >= 4 is 40.0 Å². The summed E-state index contributed by atoms with van der Waals surface area (Å²) in [7, 11) is 1.71. The molecule has 11 nitrogen and oxygen atoms in total. The first-order chi connectivity index (χ1) is 26.3. The second-order valence-corrected chi connectivity index (χ2v) is 18.0. The summed E-state index contributed by atoms with van der Waals surface area (Å²) in [4.78, 5) is 51.2. The van der Waals surface area contributed by atoms with E-state index in [1.165, 1.54) is 16.3 Å². The molecule has 2 amide bonds. The van der Waals surface area contributed by atoms with Gasteiger partial charge in [-0.2, -0.15) is 0 Å². The van der Waals surface area contributed by atoms with Gasteiger partial charge < -0.3 is 19.4 Å². The Morgan fingerprint density at radius 3 is 2.67 bits per heavy atom. The summed E-state index contributed by atoms with van der Waals surface area (Å²) >= 11 is 1.49. The zero-order valence-corrected chi connectivity index (χ0v) is 34.3. The Hall–Kier alpha value is -4.13. The van der Waals surface area contributed by atoms with Crippen LogP contribution in [0.15, 0.2) is 41.9 Å². The fourth-order valence-corrected chi connectivity index (χ4v) is 9.11. The van der Waals surface area contributed by atoms with Crippen LogP contribution in [-0.2, 0) is 43.2 Å². The van der Waals surface area contributed by atoms with E-state index in [2.05, 4.69) is 81.1 Å². The smallest absolute Gasteiger partial charge is 0.324 e. The van der Waals surface area contributed by atoms with Crippen molar-refractivity contribution < 1.29 is 23.9 Å². The van der Waals surface area contributed by atoms with Crippen LogP contribution in [0.1, 0.15) is 90.1 Å². The van der Waals surface area contributed by atoms with E-state index in [0.29, 0.717) is 31.7 Å². The van der Waals surface area contributed by atoms with Crippen LogP contribution < -0.4 is 10.7 Å². The first-order valence-corrected chi connectivity index (χ1v) is 20.8. The number of carbonyl (C=O) groups excluding carboxylic acids is 3. The molecule has 1 aromatic carbocycles. The number of hydrazine groups is 1. The average molecular weight is 769 g/mol. The number of hydrogen-bond acceptors (Lipinski definition) is 9. The van der Waals surface area contributed by atoms with Gasteiger partial charge in [-0.15, -0.1) is 11.3 Å². The maximum absolute atomic E-state index is 14.2. The molecule has 1 unspecified atom stereocenters. The van der Waals surface area contributed by atoms with Crippen LogP contribution >= 0.6 is 11.3 Å². The van der Waals surface area contributed by atoms with E-state index in [1.807, 2.05) is 24.6 Å². The molecule has 2 N–H and O–H groups in total. The lowest BCUT2D eigenvalue weighted by Gasteiger charge is -2.35. The van der Waals surface area contributed by atoms with Gasteiger partial charge in [0.15, 0.2) is 0 Å². The molecule has 294 valence electrons. The number of benzene rings is 1. The molecular weight excluding hydrogens is 713 g/mol. The molecule has 0 spiro atoms.